The average Bonchev–Trinajstić information content (AvgIpc) is 3.20. The molecule has 3 aliphatic carbocycles. The summed E-state index contributed by atoms with van der Waals surface area (Å²) < 4.78 is 36.9. The summed E-state index contributed by atoms with van der Waals surface area (Å²) in [6.45, 7) is 0.916. The number of hydrogen-bond donors (Lipinski definition) is 4. The molecular formula is C30H32O12. The second-order valence-corrected chi connectivity index (χ2v) is 11.9. The second-order valence-electron chi connectivity index (χ2n) is 11.9. The third-order valence-electron chi connectivity index (χ3n) is 9.82. The van der Waals surface area contributed by atoms with Crippen molar-refractivity contribution in [1.29, 1.82) is 0 Å². The van der Waals surface area contributed by atoms with Crippen molar-refractivity contribution < 1.29 is 58.4 Å². The number of hydrogen-bond acceptors (Lipinski definition) is 12. The molecule has 3 saturated carbocycles. The maximum Gasteiger partial charge on any atom is 0.340 e. The molecule has 4 aliphatic heterocycles. The van der Waals surface area contributed by atoms with Crippen molar-refractivity contribution in [2.24, 2.45) is 11.3 Å². The molecule has 12 heteroatoms. The first-order chi connectivity index (χ1) is 20.1. The fourth-order valence-corrected chi connectivity index (χ4v) is 7.76. The van der Waals surface area contributed by atoms with Gasteiger partial charge in [-0.25, -0.2) is 9.59 Å². The van der Waals surface area contributed by atoms with Gasteiger partial charge < -0.3 is 48.8 Å². The normalized spacial score (nSPS) is 44.5. The van der Waals surface area contributed by atoms with E-state index in [1.54, 1.807) is 67.6 Å². The van der Waals surface area contributed by atoms with Gasteiger partial charge in [-0.2, -0.15) is 0 Å². The number of carbonyl (C=O) groups excluding carboxylic acids is 2. The van der Waals surface area contributed by atoms with E-state index < -0.39 is 83.9 Å². The summed E-state index contributed by atoms with van der Waals surface area (Å²) in [6.07, 6.45) is -8.25. The Labute approximate surface area is 240 Å². The lowest BCUT2D eigenvalue weighted by Crippen LogP contribution is -2.81. The number of carbonyl (C=O) groups is 2. The van der Waals surface area contributed by atoms with Gasteiger partial charge in [-0.1, -0.05) is 36.4 Å². The van der Waals surface area contributed by atoms with Gasteiger partial charge in [0, 0.05) is 12.3 Å². The van der Waals surface area contributed by atoms with Gasteiger partial charge in [0.1, 0.15) is 42.2 Å². The Hall–Kier alpha value is -2.94. The van der Waals surface area contributed by atoms with Crippen LogP contribution in [0.5, 0.6) is 0 Å². The Morgan fingerprint density at radius 3 is 2.19 bits per heavy atom. The maximum atomic E-state index is 13.2. The van der Waals surface area contributed by atoms with Crippen LogP contribution in [0, 0.1) is 11.3 Å². The molecule has 6 bridgehead atoms. The van der Waals surface area contributed by atoms with E-state index in [0.717, 1.165) is 0 Å². The first kappa shape index (κ1) is 27.9. The van der Waals surface area contributed by atoms with E-state index in [2.05, 4.69) is 0 Å². The van der Waals surface area contributed by atoms with E-state index >= 15 is 0 Å². The van der Waals surface area contributed by atoms with Gasteiger partial charge in [-0.15, -0.1) is 0 Å². The molecule has 0 spiro atoms. The minimum atomic E-state index is -1.66. The summed E-state index contributed by atoms with van der Waals surface area (Å²) in [5.74, 6) is -3.08. The zero-order valence-electron chi connectivity index (χ0n) is 22.7. The topological polar surface area (TPSA) is 170 Å². The monoisotopic (exact) mass is 584 g/mol. The maximum absolute atomic E-state index is 13.2. The molecule has 0 radical (unpaired) electrons. The summed E-state index contributed by atoms with van der Waals surface area (Å²) in [5.41, 5.74) is -2.95. The third kappa shape index (κ3) is 3.58. The molecule has 42 heavy (non-hydrogen) atoms. The van der Waals surface area contributed by atoms with Crippen LogP contribution in [0.25, 0.3) is 0 Å². The molecule has 2 aromatic carbocycles. The number of rotatable bonds is 8. The van der Waals surface area contributed by atoms with Crippen molar-refractivity contribution in [2.45, 2.75) is 73.8 Å². The number of benzene rings is 2. The second kappa shape index (κ2) is 9.53. The van der Waals surface area contributed by atoms with Crippen molar-refractivity contribution in [3.63, 3.8) is 0 Å². The summed E-state index contributed by atoms with van der Waals surface area (Å²) in [7, 11) is 0. The van der Waals surface area contributed by atoms with Crippen molar-refractivity contribution in [1.82, 2.24) is 0 Å². The molecule has 224 valence electrons. The molecule has 9 rings (SSSR count). The van der Waals surface area contributed by atoms with Crippen LogP contribution in [0.3, 0.4) is 0 Å². The summed E-state index contributed by atoms with van der Waals surface area (Å²) in [5, 5.41) is 41.2. The molecule has 4 saturated heterocycles. The Bertz CT molecular complexity index is 1370. The molecule has 2 aromatic rings. The predicted molar refractivity (Wildman–Crippen MR) is 138 cm³/mol. The molecular weight excluding hydrogens is 552 g/mol. The first-order valence-corrected chi connectivity index (χ1v) is 13.9. The molecule has 7 aliphatic rings. The quantitative estimate of drug-likeness (QED) is 0.318. The Balaban J connectivity index is 1.23. The number of ether oxygens (including phenoxy) is 6. The summed E-state index contributed by atoms with van der Waals surface area (Å²) in [6, 6.07) is 17.0. The van der Waals surface area contributed by atoms with Gasteiger partial charge >= 0.3 is 11.9 Å². The Morgan fingerprint density at radius 2 is 1.55 bits per heavy atom. The Morgan fingerprint density at radius 1 is 0.905 bits per heavy atom. The highest BCUT2D eigenvalue weighted by Crippen LogP contribution is 2.82. The highest BCUT2D eigenvalue weighted by Gasteiger charge is 2.96. The summed E-state index contributed by atoms with van der Waals surface area (Å²) in [4.78, 5) is 26.3. The van der Waals surface area contributed by atoms with Crippen LogP contribution in [0.15, 0.2) is 60.7 Å². The Kier molecular flexibility index (Phi) is 6.32. The van der Waals surface area contributed by atoms with Gasteiger partial charge in [0.05, 0.1) is 23.1 Å². The standard InChI is InChI=1S/C30H32O12/c1-27-14-29(39-24(36)17-10-6-3-7-11-17)19-12-30(27,40-25-22(34)21(33)20(32)18(13-31)38-25)28(19,26(41-27)42-29)15-37-23(35)16-8-4-2-5-9-16/h2-11,18-22,25-26,31-34H,12-15H2,1H3/t18-,19-,20-,21+,22-,25+,26-,27+,28+,29-,30+/m1/s1. The van der Waals surface area contributed by atoms with Crippen LogP contribution in [0.1, 0.15) is 40.5 Å². The van der Waals surface area contributed by atoms with E-state index in [-0.39, 0.29) is 19.4 Å². The fourth-order valence-electron chi connectivity index (χ4n) is 7.76. The number of aliphatic hydroxyl groups is 4. The molecule has 0 unspecified atom stereocenters. The lowest BCUT2D eigenvalue weighted by Gasteiger charge is -2.68. The van der Waals surface area contributed by atoms with Crippen molar-refractivity contribution in [3.05, 3.63) is 71.8 Å². The van der Waals surface area contributed by atoms with E-state index in [1.165, 1.54) is 0 Å². The summed E-state index contributed by atoms with van der Waals surface area (Å²) >= 11 is 0. The van der Waals surface area contributed by atoms with Crippen molar-refractivity contribution in [3.8, 4) is 0 Å². The zero-order chi connectivity index (χ0) is 29.5. The van der Waals surface area contributed by atoms with Crippen LogP contribution >= 0.6 is 0 Å². The molecule has 4 heterocycles. The first-order valence-electron chi connectivity index (χ1n) is 13.9. The minimum Gasteiger partial charge on any atom is -0.461 e. The molecule has 11 atom stereocenters. The van der Waals surface area contributed by atoms with Crippen molar-refractivity contribution in [2.75, 3.05) is 13.2 Å². The van der Waals surface area contributed by atoms with Crippen LogP contribution in [0.2, 0.25) is 0 Å². The predicted octanol–water partition coefficient (Wildman–Crippen LogP) is 0.507. The van der Waals surface area contributed by atoms with Crippen molar-refractivity contribution >= 4 is 11.9 Å². The zero-order valence-corrected chi connectivity index (χ0v) is 22.7. The van der Waals surface area contributed by atoms with Crippen LogP contribution in [0.4, 0.5) is 0 Å². The van der Waals surface area contributed by atoms with Gasteiger partial charge in [-0.3, -0.25) is 0 Å². The molecule has 4 N–H and O–H groups in total. The van der Waals surface area contributed by atoms with Crippen LogP contribution in [-0.4, -0.2) is 99.6 Å². The van der Waals surface area contributed by atoms with E-state index in [4.69, 9.17) is 28.4 Å². The average molecular weight is 585 g/mol. The van der Waals surface area contributed by atoms with E-state index in [1.807, 2.05) is 0 Å². The number of esters is 2. The van der Waals surface area contributed by atoms with Crippen LogP contribution < -0.4 is 0 Å². The van der Waals surface area contributed by atoms with Gasteiger partial charge in [0.25, 0.3) is 0 Å². The van der Waals surface area contributed by atoms with Crippen LogP contribution in [-0.2, 0) is 28.4 Å². The number of aliphatic hydroxyl groups excluding tert-OH is 4. The fraction of sp³-hybridized carbons (Fsp3) is 0.533. The highest BCUT2D eigenvalue weighted by molar-refractivity contribution is 5.90. The lowest BCUT2D eigenvalue weighted by atomic mass is 9.41. The highest BCUT2D eigenvalue weighted by atomic mass is 16.8. The SMILES string of the molecule is C[C@@]12C[C@@]3(OC(=O)c4ccccc4)O[C@@H](O1)[C@]1(COC(=O)c4ccccc4)[C@H]3C[C@@]12O[C@@H]1O[C@H](CO)[C@@H](O)[C@H](O)[C@H]1O. The van der Waals surface area contributed by atoms with Gasteiger partial charge in [0.2, 0.25) is 5.79 Å². The van der Waals surface area contributed by atoms with Gasteiger partial charge in [-0.05, 0) is 37.6 Å². The van der Waals surface area contributed by atoms with E-state index in [9.17, 15) is 30.0 Å². The largest absolute Gasteiger partial charge is 0.461 e. The molecule has 12 nitrogen and oxygen atoms in total. The van der Waals surface area contributed by atoms with Gasteiger partial charge in [0.15, 0.2) is 12.6 Å². The van der Waals surface area contributed by atoms with E-state index in [0.29, 0.717) is 11.1 Å². The minimum absolute atomic E-state index is 0.0749. The molecule has 7 fully saturated rings. The molecule has 0 amide bonds. The molecule has 0 aromatic heterocycles. The third-order valence-corrected chi connectivity index (χ3v) is 9.82. The lowest BCUT2D eigenvalue weighted by molar-refractivity contribution is -0.422. The smallest absolute Gasteiger partial charge is 0.340 e.